The number of hydrogen-bond acceptors (Lipinski definition) is 10. The number of methoxy groups -OCH3 is 1. The Morgan fingerprint density at radius 1 is 1.12 bits per heavy atom. The first kappa shape index (κ1) is 39.7. The van der Waals surface area contributed by atoms with Crippen LogP contribution in [-0.2, 0) is 35.1 Å². The van der Waals surface area contributed by atoms with E-state index in [1.165, 1.54) is 12.7 Å². The Morgan fingerprint density at radius 3 is 2.33 bits per heavy atom. The fourth-order valence-electron chi connectivity index (χ4n) is 8.01. The molecule has 4 rings (SSSR count). The van der Waals surface area contributed by atoms with Gasteiger partial charge in [0, 0.05) is 69.7 Å². The molecule has 1 aromatic carbocycles. The van der Waals surface area contributed by atoms with Gasteiger partial charge in [-0.1, -0.05) is 43.5 Å². The molecule has 3 saturated heterocycles. The van der Waals surface area contributed by atoms with Crippen molar-refractivity contribution in [3.05, 3.63) is 34.9 Å². The molecule has 49 heavy (non-hydrogen) atoms. The lowest BCUT2D eigenvalue weighted by atomic mass is 9.73. The lowest BCUT2D eigenvalue weighted by Gasteiger charge is -2.46. The van der Waals surface area contributed by atoms with Crippen molar-refractivity contribution in [3.63, 3.8) is 0 Å². The summed E-state index contributed by atoms with van der Waals surface area (Å²) in [7, 11) is 7.35. The van der Waals surface area contributed by atoms with Gasteiger partial charge in [0.15, 0.2) is 17.7 Å². The lowest BCUT2D eigenvalue weighted by molar-refractivity contribution is -0.291. The summed E-state index contributed by atoms with van der Waals surface area (Å²) in [5.41, 5.74) is -2.48. The fraction of sp³-hybridized carbons (Fsp3) is 0.737. The SMILES string of the molecule is C#C[C@@]1(OC)C[C@@H](C)CN(C)CC2(CCN(Cc3ccc(Cl)cc3)CC2)OC(=O)C(C)(C)C(=O)[C@H](C)[C@H]1O[C@@H]1O[C@H](C)C[C@H](N(C)C)[C@H]1O. The summed E-state index contributed by atoms with van der Waals surface area (Å²) >= 11 is 6.10. The molecule has 1 spiro atoms. The number of hydrogen-bond donors (Lipinski definition) is 1. The second kappa shape index (κ2) is 16.1. The highest BCUT2D eigenvalue weighted by atomic mass is 35.5. The Labute approximate surface area is 298 Å². The van der Waals surface area contributed by atoms with E-state index in [1.807, 2.05) is 57.2 Å². The predicted molar refractivity (Wildman–Crippen MR) is 190 cm³/mol. The lowest BCUT2D eigenvalue weighted by Crippen LogP contribution is -2.60. The van der Waals surface area contributed by atoms with Gasteiger partial charge in [0.2, 0.25) is 0 Å². The number of nitrogens with zero attached hydrogens (tertiary/aromatic N) is 3. The standard InChI is InChI=1S/C38H58ClN3O7/c1-11-38(46-10)21-25(2)22-41(9)24-37(16-18-42(19-17-37)23-28-12-14-29(39)15-13-28)49-35(45)36(5,6)32(44)27(4)33(38)48-34-31(43)30(40(7)8)20-26(3)47-34/h1,12-15,25-27,30-31,33-34,43H,16-24H2,2-10H3/t25-,26-,27+,30+,31-,33-,34+,38-/m1/s1. The van der Waals surface area contributed by atoms with E-state index < -0.39 is 47.0 Å². The number of aliphatic hydroxyl groups is 1. The Balaban J connectivity index is 1.65. The number of piperidine rings is 1. The zero-order valence-electron chi connectivity index (χ0n) is 30.9. The molecule has 11 heteroatoms. The van der Waals surface area contributed by atoms with Crippen molar-refractivity contribution in [2.45, 2.75) is 109 Å². The van der Waals surface area contributed by atoms with Crippen molar-refractivity contribution in [2.24, 2.45) is 17.3 Å². The first-order chi connectivity index (χ1) is 23.0. The number of likely N-dealkylation sites (tertiary alicyclic amines) is 1. The van der Waals surface area contributed by atoms with Gasteiger partial charge in [0.25, 0.3) is 0 Å². The van der Waals surface area contributed by atoms with Crippen LogP contribution >= 0.6 is 11.6 Å². The molecule has 10 nitrogen and oxygen atoms in total. The molecule has 8 atom stereocenters. The van der Waals surface area contributed by atoms with Gasteiger partial charge in [-0.25, -0.2) is 0 Å². The van der Waals surface area contributed by atoms with E-state index in [2.05, 4.69) is 22.6 Å². The Morgan fingerprint density at radius 2 is 1.76 bits per heavy atom. The molecule has 0 unspecified atom stereocenters. The summed E-state index contributed by atoms with van der Waals surface area (Å²) in [5, 5.41) is 12.1. The number of Topliss-reactive ketones (excluding diaryl/α,β-unsaturated/α-hetero) is 1. The number of carbonyl (C=O) groups is 2. The smallest absolute Gasteiger partial charge is 0.319 e. The molecule has 3 fully saturated rings. The van der Waals surface area contributed by atoms with Crippen molar-refractivity contribution in [3.8, 4) is 12.3 Å². The van der Waals surface area contributed by atoms with E-state index in [0.717, 1.165) is 19.6 Å². The van der Waals surface area contributed by atoms with E-state index in [9.17, 15) is 14.7 Å². The monoisotopic (exact) mass is 703 g/mol. The maximum absolute atomic E-state index is 14.5. The summed E-state index contributed by atoms with van der Waals surface area (Å²) in [6.07, 6.45) is 5.22. The predicted octanol–water partition coefficient (Wildman–Crippen LogP) is 4.25. The largest absolute Gasteiger partial charge is 0.457 e. The summed E-state index contributed by atoms with van der Waals surface area (Å²) in [4.78, 5) is 35.2. The second-order valence-corrected chi connectivity index (χ2v) is 16.1. The minimum absolute atomic E-state index is 0.00607. The van der Waals surface area contributed by atoms with E-state index in [1.54, 1.807) is 20.8 Å². The number of rotatable bonds is 6. The average Bonchev–Trinajstić information content (AvgIpc) is 3.04. The van der Waals surface area contributed by atoms with Crippen LogP contribution in [0.25, 0.3) is 0 Å². The minimum atomic E-state index is -1.52. The maximum Gasteiger partial charge on any atom is 0.319 e. The van der Waals surface area contributed by atoms with Crippen molar-refractivity contribution < 1.29 is 33.6 Å². The van der Waals surface area contributed by atoms with Crippen LogP contribution in [0, 0.1) is 29.6 Å². The van der Waals surface area contributed by atoms with Crippen LogP contribution in [0.5, 0.6) is 0 Å². The van der Waals surface area contributed by atoms with Gasteiger partial charge in [-0.2, -0.15) is 0 Å². The van der Waals surface area contributed by atoms with E-state index in [0.29, 0.717) is 43.8 Å². The number of esters is 1. The van der Waals surface area contributed by atoms with Gasteiger partial charge < -0.3 is 33.9 Å². The molecule has 1 N–H and O–H groups in total. The number of halogens is 1. The number of aliphatic hydroxyl groups excluding tert-OH is 1. The highest BCUT2D eigenvalue weighted by Gasteiger charge is 2.54. The number of ether oxygens (including phenoxy) is 4. The quantitative estimate of drug-likeness (QED) is 0.263. The van der Waals surface area contributed by atoms with Gasteiger partial charge in [-0.05, 0) is 78.4 Å². The van der Waals surface area contributed by atoms with E-state index in [-0.39, 0.29) is 23.8 Å². The second-order valence-electron chi connectivity index (χ2n) is 15.6. The number of benzene rings is 1. The van der Waals surface area contributed by atoms with Crippen molar-refractivity contribution in [1.82, 2.24) is 14.7 Å². The molecular weight excluding hydrogens is 646 g/mol. The molecule has 3 aliphatic heterocycles. The van der Waals surface area contributed by atoms with Crippen LogP contribution in [0.3, 0.4) is 0 Å². The van der Waals surface area contributed by atoms with Gasteiger partial charge in [0.1, 0.15) is 23.2 Å². The van der Waals surface area contributed by atoms with Crippen LogP contribution in [-0.4, -0.2) is 128 Å². The molecular formula is C38H58ClN3O7. The Hall–Kier alpha value is -2.07. The Kier molecular flexibility index (Phi) is 13.0. The fourth-order valence-corrected chi connectivity index (χ4v) is 8.13. The molecule has 0 saturated carbocycles. The normalized spacial score (nSPS) is 35.2. The number of ketones is 1. The van der Waals surface area contributed by atoms with Crippen LogP contribution in [0.4, 0.5) is 0 Å². The van der Waals surface area contributed by atoms with Gasteiger partial charge in [-0.15, -0.1) is 6.42 Å². The Bertz CT molecular complexity index is 1330. The summed E-state index contributed by atoms with van der Waals surface area (Å²) in [6, 6.07) is 7.63. The van der Waals surface area contributed by atoms with Crippen LogP contribution in [0.2, 0.25) is 5.02 Å². The molecule has 274 valence electrons. The summed E-state index contributed by atoms with van der Waals surface area (Å²) in [6.45, 7) is 12.4. The third kappa shape index (κ3) is 9.06. The molecule has 0 aliphatic carbocycles. The van der Waals surface area contributed by atoms with E-state index >= 15 is 0 Å². The van der Waals surface area contributed by atoms with Crippen LogP contribution in [0.15, 0.2) is 24.3 Å². The first-order valence-corrected chi connectivity index (χ1v) is 17.9. The summed E-state index contributed by atoms with van der Waals surface area (Å²) < 4.78 is 25.4. The third-order valence-electron chi connectivity index (χ3n) is 10.8. The molecule has 0 aromatic heterocycles. The maximum atomic E-state index is 14.5. The van der Waals surface area contributed by atoms with E-state index in [4.69, 9.17) is 37.0 Å². The topological polar surface area (TPSA) is 101 Å². The zero-order valence-corrected chi connectivity index (χ0v) is 31.7. The van der Waals surface area contributed by atoms with Crippen molar-refractivity contribution in [1.29, 1.82) is 0 Å². The number of carbonyl (C=O) groups excluding carboxylic acids is 2. The molecule has 0 bridgehead atoms. The van der Waals surface area contributed by atoms with Crippen molar-refractivity contribution >= 4 is 23.4 Å². The first-order valence-electron chi connectivity index (χ1n) is 17.6. The minimum Gasteiger partial charge on any atom is -0.457 e. The summed E-state index contributed by atoms with van der Waals surface area (Å²) in [5.74, 6) is 1.00. The highest BCUT2D eigenvalue weighted by molar-refractivity contribution is 6.30. The average molecular weight is 704 g/mol. The zero-order chi connectivity index (χ0) is 36.3. The third-order valence-corrected chi connectivity index (χ3v) is 11.1. The van der Waals surface area contributed by atoms with Gasteiger partial charge >= 0.3 is 5.97 Å². The highest BCUT2D eigenvalue weighted by Crippen LogP contribution is 2.40. The van der Waals surface area contributed by atoms with Gasteiger partial charge in [0.05, 0.1) is 6.10 Å². The van der Waals surface area contributed by atoms with Crippen molar-refractivity contribution in [2.75, 3.05) is 54.4 Å². The van der Waals surface area contributed by atoms with Gasteiger partial charge in [-0.3, -0.25) is 14.5 Å². The van der Waals surface area contributed by atoms with Crippen LogP contribution < -0.4 is 0 Å². The molecule has 1 aromatic rings. The molecule has 0 amide bonds. The van der Waals surface area contributed by atoms with Crippen LogP contribution in [0.1, 0.15) is 65.9 Å². The molecule has 3 aliphatic rings. The number of likely N-dealkylation sites (N-methyl/N-ethyl adjacent to an activating group) is 2. The molecule has 0 radical (unpaired) electrons. The number of terminal acetylenes is 1. The molecule has 3 heterocycles.